The molecule has 208 valence electrons. The van der Waals surface area contributed by atoms with Crippen LogP contribution in [-0.2, 0) is 0 Å². The normalized spacial score (nSPS) is 15.6. The number of hydrogen-bond donors (Lipinski definition) is 1. The number of anilines is 1. The first-order chi connectivity index (χ1) is 18.5. The molecule has 7 nitrogen and oxygen atoms in total. The molecule has 1 aliphatic heterocycles. The van der Waals surface area contributed by atoms with E-state index in [1.54, 1.807) is 63.4 Å². The van der Waals surface area contributed by atoms with Gasteiger partial charge in [-0.25, -0.2) is 4.39 Å². The number of pyridine rings is 1. The van der Waals surface area contributed by atoms with Gasteiger partial charge in [0.05, 0.1) is 5.70 Å². The Kier molecular flexibility index (Phi) is 10.2. The number of rotatable bonds is 9. The van der Waals surface area contributed by atoms with Crippen molar-refractivity contribution in [3.8, 4) is 0 Å². The summed E-state index contributed by atoms with van der Waals surface area (Å²) in [6.45, 7) is 10.6. The highest BCUT2D eigenvalue weighted by Crippen LogP contribution is 2.33. The summed E-state index contributed by atoms with van der Waals surface area (Å²) in [6, 6.07) is 6.56. The number of aromatic nitrogens is 1. The first kappa shape index (κ1) is 29.8. The van der Waals surface area contributed by atoms with E-state index in [0.29, 0.717) is 16.8 Å². The molecule has 1 aliphatic rings. The summed E-state index contributed by atoms with van der Waals surface area (Å²) < 4.78 is 16.7. The second kappa shape index (κ2) is 13.3. The number of hydrogen-bond acceptors (Lipinski definition) is 5. The van der Waals surface area contributed by atoms with Crippen molar-refractivity contribution in [3.63, 3.8) is 0 Å². The zero-order valence-electron chi connectivity index (χ0n) is 23.9. The Hall–Kier alpha value is -3.78. The smallest absolute Gasteiger partial charge is 0.257 e. The number of allylic oxidation sites excluding steroid dienone is 4. The minimum atomic E-state index is -0.293. The predicted octanol–water partition coefficient (Wildman–Crippen LogP) is 4.96. The van der Waals surface area contributed by atoms with Crippen LogP contribution >= 0.6 is 0 Å². The molecule has 0 atom stereocenters. The number of carbonyl (C=O) groups is 1. The van der Waals surface area contributed by atoms with Gasteiger partial charge in [0.25, 0.3) is 11.5 Å². The zero-order chi connectivity index (χ0) is 28.7. The average Bonchev–Trinajstić information content (AvgIpc) is 2.89. The Balaban J connectivity index is 1.69. The lowest BCUT2D eigenvalue weighted by atomic mass is 9.85. The second-order valence-corrected chi connectivity index (χ2v) is 10.3. The van der Waals surface area contributed by atoms with Crippen LogP contribution in [0.15, 0.2) is 70.1 Å². The number of nitrogens with zero attached hydrogens (tertiary/aromatic N) is 4. The van der Waals surface area contributed by atoms with E-state index in [-0.39, 0.29) is 23.2 Å². The Bertz CT molecular complexity index is 1340. The van der Waals surface area contributed by atoms with E-state index in [9.17, 15) is 9.59 Å². The van der Waals surface area contributed by atoms with E-state index in [4.69, 9.17) is 0 Å². The molecular formula is C31H40FN5O2. The van der Waals surface area contributed by atoms with Gasteiger partial charge in [0.15, 0.2) is 0 Å². The van der Waals surface area contributed by atoms with Crippen molar-refractivity contribution >= 4 is 23.5 Å². The maximum atomic E-state index is 15.1. The standard InChI is InChI=1S/C31H40FN5O2/c1-21(16-22(2)28(8-12-33-4)37-15-11-26(34-5)19-29(37)38)20-36-13-9-24(10-14-36)30-23(3)17-25(18-27(30)32)31(39)35(6)7/h8,11-12,15-19,24,34H,2,9-10,13-14,20H2,1,3-7H3/b21-16+,28-8+,33-12?. The monoisotopic (exact) mass is 533 g/mol. The number of benzene rings is 1. The van der Waals surface area contributed by atoms with Crippen LogP contribution in [0.5, 0.6) is 0 Å². The van der Waals surface area contributed by atoms with Gasteiger partial charge in [0.1, 0.15) is 5.82 Å². The molecule has 1 N–H and O–H groups in total. The van der Waals surface area contributed by atoms with E-state index >= 15 is 4.39 Å². The molecule has 0 radical (unpaired) electrons. The summed E-state index contributed by atoms with van der Waals surface area (Å²) in [5, 5.41) is 2.98. The Labute approximate surface area is 231 Å². The minimum absolute atomic E-state index is 0.124. The first-order valence-corrected chi connectivity index (χ1v) is 13.2. The van der Waals surface area contributed by atoms with Crippen LogP contribution in [0, 0.1) is 12.7 Å². The number of nitrogens with one attached hydrogen (secondary N) is 1. The number of carbonyl (C=O) groups excluding carboxylic acids is 1. The molecule has 0 saturated carbocycles. The fourth-order valence-corrected chi connectivity index (χ4v) is 5.12. The lowest BCUT2D eigenvalue weighted by Crippen LogP contribution is -2.34. The highest BCUT2D eigenvalue weighted by molar-refractivity contribution is 5.94. The Morgan fingerprint density at radius 3 is 2.51 bits per heavy atom. The summed E-state index contributed by atoms with van der Waals surface area (Å²) in [5.41, 5.74) is 5.02. The average molecular weight is 534 g/mol. The lowest BCUT2D eigenvalue weighted by Gasteiger charge is -2.33. The van der Waals surface area contributed by atoms with Crippen molar-refractivity contribution in [3.05, 3.63) is 93.2 Å². The summed E-state index contributed by atoms with van der Waals surface area (Å²) in [6.07, 6.45) is 8.86. The molecule has 3 rings (SSSR count). The van der Waals surface area contributed by atoms with E-state index in [1.165, 1.54) is 11.0 Å². The van der Waals surface area contributed by atoms with Crippen LogP contribution in [0.3, 0.4) is 0 Å². The van der Waals surface area contributed by atoms with Gasteiger partial charge < -0.3 is 10.2 Å². The molecule has 2 heterocycles. The molecule has 1 fully saturated rings. The molecule has 1 saturated heterocycles. The van der Waals surface area contributed by atoms with Crippen LogP contribution < -0.4 is 10.9 Å². The van der Waals surface area contributed by atoms with Crippen LogP contribution in [0.1, 0.15) is 47.2 Å². The molecule has 0 bridgehead atoms. The molecule has 0 unspecified atom stereocenters. The number of aliphatic imine (C=N–C) groups is 1. The molecular weight excluding hydrogens is 493 g/mol. The summed E-state index contributed by atoms with van der Waals surface area (Å²) in [4.78, 5) is 32.9. The number of halogens is 1. The molecule has 0 aliphatic carbocycles. The number of likely N-dealkylation sites (tertiary alicyclic amines) is 1. The van der Waals surface area contributed by atoms with Gasteiger partial charge in [0.2, 0.25) is 0 Å². The van der Waals surface area contributed by atoms with E-state index < -0.39 is 0 Å². The van der Waals surface area contributed by atoms with Gasteiger partial charge in [0, 0.05) is 64.5 Å². The molecule has 8 heteroatoms. The van der Waals surface area contributed by atoms with Crippen molar-refractivity contribution in [2.75, 3.05) is 53.1 Å². The second-order valence-electron chi connectivity index (χ2n) is 10.3. The SMILES string of the molecule is C=C(/C=C(\C)CN1CCC(c2c(C)cc(C(=O)N(C)C)cc2F)CC1)/C(=C\C=NC)n1ccc(NC)cc1=O. The number of aryl methyl sites for hydroxylation is 1. The van der Waals surface area contributed by atoms with Crippen molar-refractivity contribution in [2.45, 2.75) is 32.6 Å². The van der Waals surface area contributed by atoms with E-state index in [0.717, 1.165) is 54.9 Å². The molecule has 1 amide bonds. The van der Waals surface area contributed by atoms with E-state index in [2.05, 4.69) is 28.7 Å². The minimum Gasteiger partial charge on any atom is -0.388 e. The highest BCUT2D eigenvalue weighted by atomic mass is 19.1. The zero-order valence-corrected chi connectivity index (χ0v) is 23.9. The summed E-state index contributed by atoms with van der Waals surface area (Å²) in [5.74, 6) is -0.361. The van der Waals surface area contributed by atoms with Gasteiger partial charge in [-0.15, -0.1) is 0 Å². The lowest BCUT2D eigenvalue weighted by molar-refractivity contribution is 0.0827. The van der Waals surface area contributed by atoms with Crippen molar-refractivity contribution in [1.82, 2.24) is 14.4 Å². The Morgan fingerprint density at radius 1 is 1.26 bits per heavy atom. The van der Waals surface area contributed by atoms with Gasteiger partial charge >= 0.3 is 0 Å². The summed E-state index contributed by atoms with van der Waals surface area (Å²) >= 11 is 0. The van der Waals surface area contributed by atoms with Crippen LogP contribution in [0.4, 0.5) is 10.1 Å². The fraction of sp³-hybridized carbons (Fsp3) is 0.387. The number of piperidine rings is 1. The van der Waals surface area contributed by atoms with Crippen LogP contribution in [-0.4, -0.2) is 74.3 Å². The summed E-state index contributed by atoms with van der Waals surface area (Å²) in [7, 11) is 6.79. The largest absolute Gasteiger partial charge is 0.388 e. The maximum Gasteiger partial charge on any atom is 0.257 e. The number of amides is 1. The van der Waals surface area contributed by atoms with Crippen molar-refractivity contribution in [2.24, 2.45) is 4.99 Å². The van der Waals surface area contributed by atoms with Gasteiger partial charge in [-0.2, -0.15) is 0 Å². The quantitative estimate of drug-likeness (QED) is 0.365. The fourth-order valence-electron chi connectivity index (χ4n) is 5.12. The Morgan fingerprint density at radius 2 is 1.95 bits per heavy atom. The van der Waals surface area contributed by atoms with Crippen LogP contribution in [0.25, 0.3) is 5.70 Å². The van der Waals surface area contributed by atoms with Gasteiger partial charge in [-0.3, -0.25) is 24.0 Å². The first-order valence-electron chi connectivity index (χ1n) is 13.2. The van der Waals surface area contributed by atoms with Crippen molar-refractivity contribution < 1.29 is 9.18 Å². The maximum absolute atomic E-state index is 15.1. The third kappa shape index (κ3) is 7.41. The highest BCUT2D eigenvalue weighted by Gasteiger charge is 2.25. The molecule has 1 aromatic carbocycles. The molecule has 1 aromatic heterocycles. The predicted molar refractivity (Wildman–Crippen MR) is 159 cm³/mol. The third-order valence-electron chi connectivity index (χ3n) is 7.06. The van der Waals surface area contributed by atoms with Gasteiger partial charge in [-0.1, -0.05) is 18.2 Å². The third-order valence-corrected chi connectivity index (χ3v) is 7.06. The van der Waals surface area contributed by atoms with Crippen molar-refractivity contribution in [1.29, 1.82) is 0 Å². The molecule has 0 spiro atoms. The van der Waals surface area contributed by atoms with E-state index in [1.807, 2.05) is 19.1 Å². The van der Waals surface area contributed by atoms with Crippen LogP contribution in [0.2, 0.25) is 0 Å². The topological polar surface area (TPSA) is 69.9 Å². The van der Waals surface area contributed by atoms with Gasteiger partial charge in [-0.05, 0) is 86.7 Å². The molecule has 39 heavy (non-hydrogen) atoms. The molecule has 2 aromatic rings.